The summed E-state index contributed by atoms with van der Waals surface area (Å²) >= 11 is 0. The molecule has 2 aliphatic rings. The van der Waals surface area contributed by atoms with Crippen LogP contribution in [0, 0.1) is 5.41 Å². The van der Waals surface area contributed by atoms with E-state index in [-0.39, 0.29) is 17.1 Å². The van der Waals surface area contributed by atoms with Gasteiger partial charge in [-0.3, -0.25) is 9.78 Å². The first-order valence-electron chi connectivity index (χ1n) is 10.0. The monoisotopic (exact) mass is 384 g/mol. The van der Waals surface area contributed by atoms with Crippen LogP contribution in [0.5, 0.6) is 5.75 Å². The van der Waals surface area contributed by atoms with Crippen LogP contribution in [-0.4, -0.2) is 17.9 Å². The fraction of sp³-hybridized carbons (Fsp3) is 0.280. The second-order valence-corrected chi connectivity index (χ2v) is 8.76. The molecule has 2 heterocycles. The topological polar surface area (TPSA) is 51.2 Å². The number of rotatable bonds is 2. The van der Waals surface area contributed by atoms with E-state index in [1.54, 1.807) is 7.11 Å². The normalized spacial score (nSPS) is 20.1. The predicted molar refractivity (Wildman–Crippen MR) is 115 cm³/mol. The van der Waals surface area contributed by atoms with Crippen molar-refractivity contribution in [3.05, 3.63) is 77.1 Å². The number of benzene rings is 2. The van der Waals surface area contributed by atoms with Crippen molar-refractivity contribution in [3.8, 4) is 5.75 Å². The highest BCUT2D eigenvalue weighted by Gasteiger charge is 2.40. The van der Waals surface area contributed by atoms with Crippen molar-refractivity contribution in [3.63, 3.8) is 0 Å². The van der Waals surface area contributed by atoms with Crippen molar-refractivity contribution in [1.82, 2.24) is 4.98 Å². The number of nitrogens with zero attached hydrogens (tertiary/aromatic N) is 1. The first-order valence-corrected chi connectivity index (χ1v) is 10.0. The molecule has 0 spiro atoms. The summed E-state index contributed by atoms with van der Waals surface area (Å²) in [5.74, 6) is 0.970. The average Bonchev–Trinajstić information content (AvgIpc) is 2.71. The lowest BCUT2D eigenvalue weighted by Gasteiger charge is -2.39. The van der Waals surface area contributed by atoms with Crippen LogP contribution in [0.2, 0.25) is 0 Å². The Morgan fingerprint density at radius 2 is 1.86 bits per heavy atom. The SMILES string of the molecule is COc1ccc([C@H]2C3=C(CC(C)(C)CC3=O)Nc3c2ccc2ncccc32)cc1. The summed E-state index contributed by atoms with van der Waals surface area (Å²) in [6, 6.07) is 16.3. The van der Waals surface area contributed by atoms with Gasteiger partial charge in [0.05, 0.1) is 18.3 Å². The molecule has 0 saturated carbocycles. The number of carbonyl (C=O) groups excluding carboxylic acids is 1. The van der Waals surface area contributed by atoms with E-state index >= 15 is 0 Å². The maximum atomic E-state index is 13.3. The van der Waals surface area contributed by atoms with Crippen LogP contribution in [-0.2, 0) is 4.79 Å². The molecule has 29 heavy (non-hydrogen) atoms. The van der Waals surface area contributed by atoms with E-state index in [0.717, 1.165) is 51.2 Å². The van der Waals surface area contributed by atoms with Gasteiger partial charge in [-0.2, -0.15) is 0 Å². The maximum absolute atomic E-state index is 13.3. The number of methoxy groups -OCH3 is 1. The number of fused-ring (bicyclic) bond motifs is 3. The first kappa shape index (κ1) is 17.9. The summed E-state index contributed by atoms with van der Waals surface area (Å²) in [4.78, 5) is 17.8. The Bertz CT molecular complexity index is 1160. The van der Waals surface area contributed by atoms with Gasteiger partial charge in [-0.05, 0) is 53.3 Å². The van der Waals surface area contributed by atoms with Gasteiger partial charge in [0.1, 0.15) is 5.75 Å². The molecule has 0 saturated heterocycles. The van der Waals surface area contributed by atoms with Gasteiger partial charge in [0.2, 0.25) is 0 Å². The fourth-order valence-electron chi connectivity index (χ4n) is 4.78. The minimum Gasteiger partial charge on any atom is -0.497 e. The molecule has 1 aromatic heterocycles. The van der Waals surface area contributed by atoms with Crippen LogP contribution in [0.3, 0.4) is 0 Å². The van der Waals surface area contributed by atoms with Crippen LogP contribution in [0.1, 0.15) is 43.7 Å². The zero-order valence-corrected chi connectivity index (χ0v) is 17.0. The molecular formula is C25H24N2O2. The Kier molecular flexibility index (Phi) is 3.98. The third-order valence-corrected chi connectivity index (χ3v) is 6.06. The van der Waals surface area contributed by atoms with E-state index in [2.05, 4.69) is 54.5 Å². The number of hydrogen-bond acceptors (Lipinski definition) is 4. The molecule has 4 nitrogen and oxygen atoms in total. The maximum Gasteiger partial charge on any atom is 0.162 e. The second-order valence-electron chi connectivity index (χ2n) is 8.76. The van der Waals surface area contributed by atoms with E-state index in [4.69, 9.17) is 4.74 Å². The van der Waals surface area contributed by atoms with E-state index < -0.39 is 0 Å². The van der Waals surface area contributed by atoms with Crippen LogP contribution in [0.25, 0.3) is 10.9 Å². The molecule has 146 valence electrons. The number of ketones is 1. The van der Waals surface area contributed by atoms with E-state index in [1.165, 1.54) is 0 Å². The zero-order valence-electron chi connectivity index (χ0n) is 17.0. The lowest BCUT2D eigenvalue weighted by molar-refractivity contribution is -0.118. The Morgan fingerprint density at radius 1 is 1.07 bits per heavy atom. The number of Topliss-reactive ketones (excluding diaryl/α,β-unsaturated/α-hetero) is 1. The Balaban J connectivity index is 1.76. The quantitative estimate of drug-likeness (QED) is 0.639. The van der Waals surface area contributed by atoms with Crippen molar-refractivity contribution < 1.29 is 9.53 Å². The Morgan fingerprint density at radius 3 is 2.62 bits per heavy atom. The molecule has 4 heteroatoms. The lowest BCUT2D eigenvalue weighted by Crippen LogP contribution is -2.33. The van der Waals surface area contributed by atoms with Crippen LogP contribution < -0.4 is 10.1 Å². The number of anilines is 1. The number of hydrogen-bond donors (Lipinski definition) is 1. The van der Waals surface area contributed by atoms with E-state index in [0.29, 0.717) is 6.42 Å². The molecule has 0 radical (unpaired) electrons. The molecule has 1 N–H and O–H groups in total. The summed E-state index contributed by atoms with van der Waals surface area (Å²) in [7, 11) is 1.67. The largest absolute Gasteiger partial charge is 0.497 e. The molecule has 0 bridgehead atoms. The summed E-state index contributed by atoms with van der Waals surface area (Å²) in [6.45, 7) is 4.33. The highest BCUT2D eigenvalue weighted by Crippen LogP contribution is 2.50. The predicted octanol–water partition coefficient (Wildman–Crippen LogP) is 5.44. The lowest BCUT2D eigenvalue weighted by atomic mass is 9.68. The second kappa shape index (κ2) is 6.45. The minimum absolute atomic E-state index is 0.0479. The van der Waals surface area contributed by atoms with Crippen molar-refractivity contribution in [2.75, 3.05) is 12.4 Å². The van der Waals surface area contributed by atoms with Gasteiger partial charge in [-0.1, -0.05) is 32.0 Å². The third kappa shape index (κ3) is 2.91. The highest BCUT2D eigenvalue weighted by molar-refractivity contribution is 6.04. The molecule has 2 aromatic carbocycles. The van der Waals surface area contributed by atoms with E-state index in [1.807, 2.05) is 24.4 Å². The smallest absolute Gasteiger partial charge is 0.162 e. The fourth-order valence-corrected chi connectivity index (χ4v) is 4.78. The van der Waals surface area contributed by atoms with Crippen LogP contribution >= 0.6 is 0 Å². The summed E-state index contributed by atoms with van der Waals surface area (Å²) in [5.41, 5.74) is 6.17. The van der Waals surface area contributed by atoms with Gasteiger partial charge in [-0.15, -0.1) is 0 Å². The van der Waals surface area contributed by atoms with Crippen LogP contribution in [0.15, 0.2) is 66.0 Å². The molecule has 1 aliphatic carbocycles. The number of carbonyl (C=O) groups is 1. The van der Waals surface area contributed by atoms with Gasteiger partial charge in [0, 0.05) is 35.2 Å². The molecule has 1 atom stereocenters. The van der Waals surface area contributed by atoms with Crippen molar-refractivity contribution in [1.29, 1.82) is 0 Å². The van der Waals surface area contributed by atoms with Crippen molar-refractivity contribution in [2.24, 2.45) is 5.41 Å². The molecule has 1 aliphatic heterocycles. The number of ether oxygens (including phenoxy) is 1. The molecule has 0 unspecified atom stereocenters. The number of aromatic nitrogens is 1. The highest BCUT2D eigenvalue weighted by atomic mass is 16.5. The van der Waals surface area contributed by atoms with Gasteiger partial charge in [-0.25, -0.2) is 0 Å². The molecule has 3 aromatic rings. The number of pyridine rings is 1. The Labute approximate surface area is 170 Å². The molecule has 5 rings (SSSR count). The number of nitrogens with one attached hydrogen (secondary N) is 1. The Hall–Kier alpha value is -3.14. The standard InChI is InChI=1S/C25H24N2O2/c1-25(2)13-20-23(21(28)14-25)22(15-6-8-16(29-3)9-7-15)18-10-11-19-17(24(18)27-20)5-4-12-26-19/h4-12,22,27H,13-14H2,1-3H3/t22-/m1/s1. The van der Waals surface area contributed by atoms with Gasteiger partial charge >= 0.3 is 0 Å². The average molecular weight is 384 g/mol. The summed E-state index contributed by atoms with van der Waals surface area (Å²) in [6.07, 6.45) is 3.25. The van der Waals surface area contributed by atoms with Gasteiger partial charge in [0.15, 0.2) is 5.78 Å². The molecule has 0 fully saturated rings. The molecule has 0 amide bonds. The van der Waals surface area contributed by atoms with Crippen molar-refractivity contribution in [2.45, 2.75) is 32.6 Å². The van der Waals surface area contributed by atoms with Crippen LogP contribution in [0.4, 0.5) is 5.69 Å². The van der Waals surface area contributed by atoms with Gasteiger partial charge < -0.3 is 10.1 Å². The van der Waals surface area contributed by atoms with Crippen molar-refractivity contribution >= 4 is 22.4 Å². The summed E-state index contributed by atoms with van der Waals surface area (Å²) in [5, 5.41) is 4.73. The first-order chi connectivity index (χ1) is 14.0. The van der Waals surface area contributed by atoms with Gasteiger partial charge in [0.25, 0.3) is 0 Å². The van der Waals surface area contributed by atoms with E-state index in [9.17, 15) is 4.79 Å². The minimum atomic E-state index is -0.0830. The summed E-state index contributed by atoms with van der Waals surface area (Å²) < 4.78 is 5.34. The third-order valence-electron chi connectivity index (χ3n) is 6.06. The molecular weight excluding hydrogens is 360 g/mol. The number of allylic oxidation sites excluding steroid dienone is 2. The zero-order chi connectivity index (χ0) is 20.2.